The van der Waals surface area contributed by atoms with Gasteiger partial charge in [-0.25, -0.2) is 0 Å². The zero-order chi connectivity index (χ0) is 14.6. The second kappa shape index (κ2) is 6.61. The van der Waals surface area contributed by atoms with Crippen molar-refractivity contribution in [3.05, 3.63) is 48.0 Å². The quantitative estimate of drug-likeness (QED) is 0.852. The second-order valence-corrected chi connectivity index (χ2v) is 6.47. The number of hydrogen-bond donors (Lipinski definition) is 2. The van der Waals surface area contributed by atoms with Gasteiger partial charge in [-0.3, -0.25) is 0 Å². The van der Waals surface area contributed by atoms with Gasteiger partial charge in [-0.05, 0) is 36.4 Å². The number of benzene rings is 2. The van der Waals surface area contributed by atoms with Crippen LogP contribution in [-0.4, -0.2) is 29.3 Å². The minimum atomic E-state index is -0.668. The summed E-state index contributed by atoms with van der Waals surface area (Å²) < 4.78 is 0. The van der Waals surface area contributed by atoms with Crippen molar-refractivity contribution in [2.24, 2.45) is 0 Å². The average molecular weight is 289 g/mol. The SMILES string of the molecule is CSCC(C)(O)CNC(C)c1cccc2ccccc12. The van der Waals surface area contributed by atoms with Crippen molar-refractivity contribution in [2.75, 3.05) is 18.6 Å². The molecule has 0 aliphatic rings. The monoisotopic (exact) mass is 289 g/mol. The van der Waals surface area contributed by atoms with Gasteiger partial charge in [-0.15, -0.1) is 0 Å². The van der Waals surface area contributed by atoms with Crippen molar-refractivity contribution in [3.8, 4) is 0 Å². The molecule has 2 N–H and O–H groups in total. The number of nitrogens with one attached hydrogen (secondary N) is 1. The van der Waals surface area contributed by atoms with Crippen LogP contribution in [0.4, 0.5) is 0 Å². The van der Waals surface area contributed by atoms with Crippen LogP contribution in [0.5, 0.6) is 0 Å². The summed E-state index contributed by atoms with van der Waals surface area (Å²) in [5.74, 6) is 0.738. The van der Waals surface area contributed by atoms with Crippen LogP contribution in [0.25, 0.3) is 10.8 Å². The van der Waals surface area contributed by atoms with Crippen LogP contribution >= 0.6 is 11.8 Å². The molecule has 0 amide bonds. The molecular weight excluding hydrogens is 266 g/mol. The lowest BCUT2D eigenvalue weighted by Gasteiger charge is -2.26. The molecule has 0 aliphatic heterocycles. The van der Waals surface area contributed by atoms with E-state index < -0.39 is 5.60 Å². The van der Waals surface area contributed by atoms with E-state index in [-0.39, 0.29) is 6.04 Å². The Morgan fingerprint density at radius 2 is 1.90 bits per heavy atom. The van der Waals surface area contributed by atoms with Crippen molar-refractivity contribution >= 4 is 22.5 Å². The van der Waals surface area contributed by atoms with Crippen LogP contribution in [0, 0.1) is 0 Å². The zero-order valence-electron chi connectivity index (χ0n) is 12.4. The summed E-state index contributed by atoms with van der Waals surface area (Å²) in [5, 5.41) is 16.2. The molecule has 2 unspecified atom stereocenters. The fraction of sp³-hybridized carbons (Fsp3) is 0.412. The second-order valence-electron chi connectivity index (χ2n) is 5.60. The van der Waals surface area contributed by atoms with Crippen LogP contribution in [0.2, 0.25) is 0 Å². The average Bonchev–Trinajstić information content (AvgIpc) is 2.44. The maximum atomic E-state index is 10.2. The van der Waals surface area contributed by atoms with Gasteiger partial charge in [0.2, 0.25) is 0 Å². The summed E-state index contributed by atoms with van der Waals surface area (Å²) in [6, 6.07) is 15.0. The van der Waals surface area contributed by atoms with Gasteiger partial charge in [0.1, 0.15) is 0 Å². The van der Waals surface area contributed by atoms with Crippen molar-refractivity contribution in [1.82, 2.24) is 5.32 Å². The van der Waals surface area contributed by atoms with Gasteiger partial charge in [-0.1, -0.05) is 42.5 Å². The first-order valence-electron chi connectivity index (χ1n) is 6.96. The molecule has 0 bridgehead atoms. The molecule has 0 saturated heterocycles. The van der Waals surface area contributed by atoms with Gasteiger partial charge in [0.15, 0.2) is 0 Å². The number of aliphatic hydroxyl groups is 1. The van der Waals surface area contributed by atoms with E-state index >= 15 is 0 Å². The van der Waals surface area contributed by atoms with Gasteiger partial charge < -0.3 is 10.4 Å². The van der Waals surface area contributed by atoms with Crippen LogP contribution in [0.1, 0.15) is 25.5 Å². The normalized spacial score (nSPS) is 16.0. The van der Waals surface area contributed by atoms with Gasteiger partial charge in [0, 0.05) is 18.3 Å². The lowest BCUT2D eigenvalue weighted by atomic mass is 9.99. The highest BCUT2D eigenvalue weighted by atomic mass is 32.2. The number of rotatable bonds is 6. The molecule has 2 atom stereocenters. The van der Waals surface area contributed by atoms with Crippen LogP contribution in [0.3, 0.4) is 0 Å². The Balaban J connectivity index is 2.14. The highest BCUT2D eigenvalue weighted by Gasteiger charge is 2.20. The predicted molar refractivity (Wildman–Crippen MR) is 89.4 cm³/mol. The van der Waals surface area contributed by atoms with Crippen LogP contribution in [0.15, 0.2) is 42.5 Å². The highest BCUT2D eigenvalue weighted by molar-refractivity contribution is 7.98. The Labute approximate surface area is 125 Å². The van der Waals surface area contributed by atoms with Crippen molar-refractivity contribution in [1.29, 1.82) is 0 Å². The van der Waals surface area contributed by atoms with E-state index in [1.807, 2.05) is 13.2 Å². The summed E-state index contributed by atoms with van der Waals surface area (Å²) in [6.45, 7) is 4.63. The highest BCUT2D eigenvalue weighted by Crippen LogP contribution is 2.24. The van der Waals surface area contributed by atoms with Crippen molar-refractivity contribution < 1.29 is 5.11 Å². The molecule has 108 valence electrons. The first-order valence-corrected chi connectivity index (χ1v) is 8.35. The van der Waals surface area contributed by atoms with Crippen LogP contribution < -0.4 is 5.32 Å². The molecule has 2 aromatic carbocycles. The van der Waals surface area contributed by atoms with Crippen molar-refractivity contribution in [2.45, 2.75) is 25.5 Å². The summed E-state index contributed by atoms with van der Waals surface area (Å²) >= 11 is 1.67. The molecule has 2 rings (SSSR count). The third-order valence-corrected chi connectivity index (χ3v) is 4.44. The number of fused-ring (bicyclic) bond motifs is 1. The molecule has 0 heterocycles. The molecular formula is C17H23NOS. The fourth-order valence-electron chi connectivity index (χ4n) is 2.47. The standard InChI is InChI=1S/C17H23NOS/c1-13(18-11-17(2,19)12-20-3)15-10-6-8-14-7-4-5-9-16(14)15/h4-10,13,18-19H,11-12H2,1-3H3. The Bertz CT molecular complexity index is 562. The number of thioether (sulfide) groups is 1. The number of hydrogen-bond acceptors (Lipinski definition) is 3. The summed E-state index contributed by atoms with van der Waals surface area (Å²) in [5.41, 5.74) is 0.612. The van der Waals surface area contributed by atoms with Crippen LogP contribution in [-0.2, 0) is 0 Å². The Kier molecular flexibility index (Phi) is 5.08. The molecule has 0 radical (unpaired) electrons. The maximum Gasteiger partial charge on any atom is 0.0833 e. The first kappa shape index (κ1) is 15.4. The molecule has 0 aliphatic carbocycles. The molecule has 0 spiro atoms. The summed E-state index contributed by atoms with van der Waals surface area (Å²) in [6.07, 6.45) is 2.02. The lowest BCUT2D eigenvalue weighted by Crippen LogP contribution is -2.40. The van der Waals surface area contributed by atoms with E-state index in [4.69, 9.17) is 0 Å². The zero-order valence-corrected chi connectivity index (χ0v) is 13.2. The minimum Gasteiger partial charge on any atom is -0.388 e. The van der Waals surface area contributed by atoms with E-state index in [9.17, 15) is 5.11 Å². The third-order valence-electron chi connectivity index (χ3n) is 3.53. The summed E-state index contributed by atoms with van der Waals surface area (Å²) in [4.78, 5) is 0. The Morgan fingerprint density at radius 3 is 2.65 bits per heavy atom. The van der Waals surface area contributed by atoms with Gasteiger partial charge in [0.05, 0.1) is 5.60 Å². The van der Waals surface area contributed by atoms with Crippen molar-refractivity contribution in [3.63, 3.8) is 0 Å². The largest absolute Gasteiger partial charge is 0.388 e. The van der Waals surface area contributed by atoms with E-state index in [2.05, 4.69) is 54.7 Å². The fourth-order valence-corrected chi connectivity index (χ4v) is 3.20. The molecule has 2 nitrogen and oxygen atoms in total. The lowest BCUT2D eigenvalue weighted by molar-refractivity contribution is 0.0821. The summed E-state index contributed by atoms with van der Waals surface area (Å²) in [7, 11) is 0. The smallest absolute Gasteiger partial charge is 0.0833 e. The van der Waals surface area contributed by atoms with E-state index in [0.29, 0.717) is 6.54 Å². The van der Waals surface area contributed by atoms with E-state index in [1.54, 1.807) is 11.8 Å². The van der Waals surface area contributed by atoms with Gasteiger partial charge >= 0.3 is 0 Å². The Hall–Kier alpha value is -1.03. The molecule has 2 aromatic rings. The maximum absolute atomic E-state index is 10.2. The molecule has 20 heavy (non-hydrogen) atoms. The molecule has 0 aromatic heterocycles. The topological polar surface area (TPSA) is 32.3 Å². The van der Waals surface area contributed by atoms with Gasteiger partial charge in [0.25, 0.3) is 0 Å². The van der Waals surface area contributed by atoms with E-state index in [0.717, 1.165) is 5.75 Å². The molecule has 0 saturated carbocycles. The van der Waals surface area contributed by atoms with E-state index in [1.165, 1.54) is 16.3 Å². The first-order chi connectivity index (χ1) is 9.53. The third kappa shape index (κ3) is 3.75. The molecule has 3 heteroatoms. The molecule has 0 fully saturated rings. The predicted octanol–water partition coefficient (Wildman–Crippen LogP) is 3.60. The minimum absolute atomic E-state index is 0.217. The van der Waals surface area contributed by atoms with Gasteiger partial charge in [-0.2, -0.15) is 11.8 Å². The Morgan fingerprint density at radius 1 is 1.20 bits per heavy atom.